The zero-order chi connectivity index (χ0) is 20.6. The topological polar surface area (TPSA) is 59.8 Å². The number of halogens is 6. The summed E-state index contributed by atoms with van der Waals surface area (Å²) in [5.41, 5.74) is -2.37. The van der Waals surface area contributed by atoms with Crippen LogP contribution in [0.1, 0.15) is 16.1 Å². The first-order valence-corrected chi connectivity index (χ1v) is 7.60. The molecule has 2 aromatic heterocycles. The van der Waals surface area contributed by atoms with Crippen LogP contribution < -0.4 is 5.32 Å². The van der Waals surface area contributed by atoms with E-state index in [1.54, 1.807) is 0 Å². The van der Waals surface area contributed by atoms with Crippen molar-refractivity contribution in [2.24, 2.45) is 7.05 Å². The van der Waals surface area contributed by atoms with E-state index < -0.39 is 40.8 Å². The van der Waals surface area contributed by atoms with Gasteiger partial charge in [-0.3, -0.25) is 9.48 Å². The highest BCUT2D eigenvalue weighted by atomic mass is 19.4. The van der Waals surface area contributed by atoms with Crippen molar-refractivity contribution in [3.05, 3.63) is 65.2 Å². The van der Waals surface area contributed by atoms with E-state index in [2.05, 4.69) is 15.4 Å². The van der Waals surface area contributed by atoms with Gasteiger partial charge in [-0.15, -0.1) is 0 Å². The van der Waals surface area contributed by atoms with Gasteiger partial charge in [-0.25, -0.2) is 18.2 Å². The number of anilines is 1. The summed E-state index contributed by atoms with van der Waals surface area (Å²) in [6, 6.07) is 4.27. The Morgan fingerprint density at radius 1 is 1.11 bits per heavy atom. The number of aryl methyl sites for hydroxylation is 1. The van der Waals surface area contributed by atoms with Crippen molar-refractivity contribution in [2.75, 3.05) is 5.32 Å². The van der Waals surface area contributed by atoms with Crippen molar-refractivity contribution >= 4 is 11.7 Å². The third-order valence-corrected chi connectivity index (χ3v) is 3.71. The van der Waals surface area contributed by atoms with Crippen LogP contribution in [0.15, 0.2) is 36.5 Å². The normalized spacial score (nSPS) is 11.5. The van der Waals surface area contributed by atoms with Gasteiger partial charge in [-0.1, -0.05) is 0 Å². The standard InChI is InChI=1S/C17H10F6N4O/c1-27-12(6-13(26-27)17(21,22)23)8-4-10(15(20)11(19)5-8)16(28)25-14-3-2-9(18)7-24-14/h2-7H,1H3,(H,24,25,28). The smallest absolute Gasteiger partial charge is 0.306 e. The molecule has 0 saturated carbocycles. The van der Waals surface area contributed by atoms with E-state index in [-0.39, 0.29) is 17.1 Å². The minimum Gasteiger partial charge on any atom is -0.306 e. The summed E-state index contributed by atoms with van der Waals surface area (Å²) in [6.45, 7) is 0. The molecule has 0 spiro atoms. The number of nitrogens with one attached hydrogen (secondary N) is 1. The molecule has 5 nitrogen and oxygen atoms in total. The van der Waals surface area contributed by atoms with E-state index in [4.69, 9.17) is 0 Å². The minimum atomic E-state index is -4.73. The lowest BCUT2D eigenvalue weighted by atomic mass is 10.1. The summed E-state index contributed by atoms with van der Waals surface area (Å²) < 4.78 is 80.2. The van der Waals surface area contributed by atoms with Crippen molar-refractivity contribution in [1.29, 1.82) is 0 Å². The second-order valence-electron chi connectivity index (χ2n) is 5.67. The van der Waals surface area contributed by atoms with E-state index in [1.165, 1.54) is 7.05 Å². The Balaban J connectivity index is 2.00. The molecular weight excluding hydrogens is 390 g/mol. The first kappa shape index (κ1) is 19.4. The fourth-order valence-corrected chi connectivity index (χ4v) is 2.41. The van der Waals surface area contributed by atoms with Crippen molar-refractivity contribution in [1.82, 2.24) is 14.8 Å². The number of hydrogen-bond donors (Lipinski definition) is 1. The molecule has 0 unspecified atom stereocenters. The zero-order valence-corrected chi connectivity index (χ0v) is 14.0. The van der Waals surface area contributed by atoms with Gasteiger partial charge in [-0.05, 0) is 30.3 Å². The lowest BCUT2D eigenvalue weighted by Gasteiger charge is -2.09. The predicted molar refractivity (Wildman–Crippen MR) is 85.7 cm³/mol. The Kier molecular flexibility index (Phi) is 4.84. The molecule has 1 amide bonds. The maximum absolute atomic E-state index is 14.1. The van der Waals surface area contributed by atoms with Crippen LogP contribution >= 0.6 is 0 Å². The maximum Gasteiger partial charge on any atom is 0.435 e. The third kappa shape index (κ3) is 3.82. The minimum absolute atomic E-state index is 0.128. The van der Waals surface area contributed by atoms with Crippen LogP contribution in [0.4, 0.5) is 32.2 Å². The first-order valence-electron chi connectivity index (χ1n) is 7.60. The molecule has 1 N–H and O–H groups in total. The summed E-state index contributed by atoms with van der Waals surface area (Å²) in [7, 11) is 1.19. The molecule has 0 atom stereocenters. The number of aromatic nitrogens is 3. The first-order chi connectivity index (χ1) is 13.1. The van der Waals surface area contributed by atoms with Crippen LogP contribution in [-0.4, -0.2) is 20.7 Å². The number of carbonyl (C=O) groups is 1. The number of hydrogen-bond acceptors (Lipinski definition) is 3. The molecule has 0 fully saturated rings. The highest BCUT2D eigenvalue weighted by Gasteiger charge is 2.35. The lowest BCUT2D eigenvalue weighted by Crippen LogP contribution is -2.16. The molecule has 0 aliphatic heterocycles. The van der Waals surface area contributed by atoms with E-state index in [1.807, 2.05) is 0 Å². The molecule has 0 saturated heterocycles. The van der Waals surface area contributed by atoms with Gasteiger partial charge in [0.2, 0.25) is 0 Å². The van der Waals surface area contributed by atoms with Crippen LogP contribution in [0.3, 0.4) is 0 Å². The van der Waals surface area contributed by atoms with Gasteiger partial charge in [-0.2, -0.15) is 18.3 Å². The largest absolute Gasteiger partial charge is 0.435 e. The molecule has 0 radical (unpaired) electrons. The van der Waals surface area contributed by atoms with Gasteiger partial charge < -0.3 is 5.32 Å². The number of amides is 1. The number of rotatable bonds is 3. The fourth-order valence-electron chi connectivity index (χ4n) is 2.41. The monoisotopic (exact) mass is 400 g/mol. The Morgan fingerprint density at radius 2 is 1.82 bits per heavy atom. The Hall–Kier alpha value is -3.37. The molecule has 28 heavy (non-hydrogen) atoms. The van der Waals surface area contributed by atoms with Crippen molar-refractivity contribution in [2.45, 2.75) is 6.18 Å². The van der Waals surface area contributed by atoms with Gasteiger partial charge in [0.15, 0.2) is 17.3 Å². The molecule has 146 valence electrons. The second-order valence-corrected chi connectivity index (χ2v) is 5.67. The van der Waals surface area contributed by atoms with Crippen molar-refractivity contribution in [3.8, 4) is 11.3 Å². The van der Waals surface area contributed by atoms with Crippen LogP contribution in [-0.2, 0) is 13.2 Å². The number of nitrogens with zero attached hydrogens (tertiary/aromatic N) is 3. The third-order valence-electron chi connectivity index (χ3n) is 3.71. The van der Waals surface area contributed by atoms with Crippen molar-refractivity contribution in [3.63, 3.8) is 0 Å². The average Bonchev–Trinajstić information content (AvgIpc) is 3.01. The Morgan fingerprint density at radius 3 is 2.39 bits per heavy atom. The zero-order valence-electron chi connectivity index (χ0n) is 14.0. The second kappa shape index (κ2) is 6.98. The Bertz CT molecular complexity index is 1040. The molecule has 2 heterocycles. The summed E-state index contributed by atoms with van der Waals surface area (Å²) in [5.74, 6) is -4.85. The van der Waals surface area contributed by atoms with Crippen LogP contribution in [0, 0.1) is 17.5 Å². The van der Waals surface area contributed by atoms with E-state index in [0.717, 1.165) is 29.1 Å². The quantitative estimate of drug-likeness (QED) is 0.672. The average molecular weight is 400 g/mol. The molecule has 0 aliphatic rings. The van der Waals surface area contributed by atoms with E-state index in [9.17, 15) is 31.1 Å². The number of pyridine rings is 1. The van der Waals surface area contributed by atoms with Gasteiger partial charge in [0.05, 0.1) is 17.5 Å². The van der Waals surface area contributed by atoms with Gasteiger partial charge >= 0.3 is 6.18 Å². The van der Waals surface area contributed by atoms with Crippen LogP contribution in [0.25, 0.3) is 11.3 Å². The molecule has 11 heteroatoms. The number of carbonyl (C=O) groups excluding carboxylic acids is 1. The molecule has 3 rings (SSSR count). The molecular formula is C17H10F6N4O. The highest BCUT2D eigenvalue weighted by molar-refractivity contribution is 6.04. The van der Waals surface area contributed by atoms with Gasteiger partial charge in [0.1, 0.15) is 11.6 Å². The predicted octanol–water partition coefficient (Wildman–Crippen LogP) is 4.17. The number of alkyl halides is 3. The SMILES string of the molecule is Cn1nc(C(F)(F)F)cc1-c1cc(F)c(F)c(C(=O)Nc2ccc(F)cn2)c1. The number of benzene rings is 1. The van der Waals surface area contributed by atoms with E-state index in [0.29, 0.717) is 12.1 Å². The summed E-state index contributed by atoms with van der Waals surface area (Å²) in [6.07, 6.45) is -3.93. The Labute approximate surface area is 153 Å². The van der Waals surface area contributed by atoms with Gasteiger partial charge in [0.25, 0.3) is 5.91 Å². The van der Waals surface area contributed by atoms with E-state index >= 15 is 0 Å². The highest BCUT2D eigenvalue weighted by Crippen LogP contribution is 2.32. The van der Waals surface area contributed by atoms with Crippen LogP contribution in [0.5, 0.6) is 0 Å². The summed E-state index contributed by atoms with van der Waals surface area (Å²) in [4.78, 5) is 15.8. The molecule has 3 aromatic rings. The van der Waals surface area contributed by atoms with Crippen molar-refractivity contribution < 1.29 is 31.1 Å². The molecule has 1 aromatic carbocycles. The van der Waals surface area contributed by atoms with Gasteiger partial charge in [0, 0.05) is 12.6 Å². The molecule has 0 bridgehead atoms. The summed E-state index contributed by atoms with van der Waals surface area (Å²) in [5, 5.41) is 5.44. The summed E-state index contributed by atoms with van der Waals surface area (Å²) >= 11 is 0. The lowest BCUT2D eigenvalue weighted by molar-refractivity contribution is -0.141. The fraction of sp³-hybridized carbons (Fsp3) is 0.118. The molecule has 0 aliphatic carbocycles. The maximum atomic E-state index is 14.1. The van der Waals surface area contributed by atoms with Crippen LogP contribution in [0.2, 0.25) is 0 Å².